The van der Waals surface area contributed by atoms with Crippen molar-refractivity contribution in [2.75, 3.05) is 7.11 Å². The van der Waals surface area contributed by atoms with E-state index < -0.39 is 46.6 Å². The molecule has 1 fully saturated rings. The monoisotopic (exact) mass is 476 g/mol. The van der Waals surface area contributed by atoms with E-state index in [-0.39, 0.29) is 35.7 Å². The number of carbonyl (C=O) groups is 3. The molecule has 9 nitrogen and oxygen atoms in total. The molecule has 1 amide bonds. The first-order valence-corrected chi connectivity index (χ1v) is 11.3. The Kier molecular flexibility index (Phi) is 5.44. The number of nitrogens with zero attached hydrogens (tertiary/aromatic N) is 1. The number of ether oxygens (including phenoxy) is 1. The van der Waals surface area contributed by atoms with Gasteiger partial charge in [-0.15, -0.1) is 0 Å². The van der Waals surface area contributed by atoms with Crippen LogP contribution < -0.4 is 5.73 Å². The Morgan fingerprint density at radius 2 is 1.97 bits per heavy atom. The number of fused-ring (bicyclic) bond motifs is 3. The minimum atomic E-state index is -1.15. The van der Waals surface area contributed by atoms with E-state index in [1.807, 2.05) is 12.1 Å². The number of aromatic hydroxyl groups is 1. The maximum absolute atomic E-state index is 13.6. The number of rotatable bonds is 4. The molecule has 5 N–H and O–H groups in total. The molecule has 3 aliphatic carbocycles. The number of hydrogen-bond donors (Lipinski definition) is 4. The molecule has 0 aliphatic heterocycles. The second kappa shape index (κ2) is 8.35. The fourth-order valence-corrected chi connectivity index (χ4v) is 5.78. The molecule has 0 radical (unpaired) electrons. The van der Waals surface area contributed by atoms with Crippen molar-refractivity contribution in [2.24, 2.45) is 23.5 Å². The molecule has 35 heavy (non-hydrogen) atoms. The topological polar surface area (TPSA) is 160 Å². The molecule has 3 atom stereocenters. The molecule has 5 rings (SSSR count). The lowest BCUT2D eigenvalue weighted by Crippen LogP contribution is -2.44. The summed E-state index contributed by atoms with van der Waals surface area (Å²) in [7, 11) is 1.48. The van der Waals surface area contributed by atoms with Crippen LogP contribution in [0.25, 0.3) is 17.0 Å². The number of phenols is 1. The van der Waals surface area contributed by atoms with Crippen LogP contribution in [0, 0.1) is 17.8 Å². The molecule has 180 valence electrons. The number of carbonyl (C=O) groups excluding carboxylic acids is 3. The van der Waals surface area contributed by atoms with Crippen LogP contribution in [0.3, 0.4) is 0 Å². The van der Waals surface area contributed by atoms with Crippen molar-refractivity contribution in [3.8, 4) is 17.0 Å². The van der Waals surface area contributed by atoms with Gasteiger partial charge in [-0.25, -0.2) is 0 Å². The molecule has 1 saturated carbocycles. The van der Waals surface area contributed by atoms with Crippen molar-refractivity contribution in [1.82, 2.24) is 4.98 Å². The van der Waals surface area contributed by atoms with Gasteiger partial charge in [0, 0.05) is 36.4 Å². The van der Waals surface area contributed by atoms with Crippen molar-refractivity contribution in [2.45, 2.75) is 25.9 Å². The van der Waals surface area contributed by atoms with Crippen LogP contribution in [0.1, 0.15) is 29.5 Å². The fourth-order valence-electron chi connectivity index (χ4n) is 5.78. The van der Waals surface area contributed by atoms with Crippen molar-refractivity contribution in [1.29, 1.82) is 0 Å². The van der Waals surface area contributed by atoms with Gasteiger partial charge in [-0.1, -0.05) is 6.07 Å². The van der Waals surface area contributed by atoms with Crippen LogP contribution in [0.4, 0.5) is 0 Å². The molecule has 0 spiro atoms. The largest absolute Gasteiger partial charge is 0.511 e. The number of aliphatic hydroxyl groups is 2. The Hall–Kier alpha value is -3.98. The van der Waals surface area contributed by atoms with Crippen LogP contribution in [0.5, 0.6) is 5.75 Å². The highest BCUT2D eigenvalue weighted by Gasteiger charge is 2.51. The summed E-state index contributed by atoms with van der Waals surface area (Å²) in [6.45, 7) is 0.0667. The highest BCUT2D eigenvalue weighted by Crippen LogP contribution is 2.52. The Balaban J connectivity index is 1.72. The van der Waals surface area contributed by atoms with E-state index in [1.165, 1.54) is 7.11 Å². The van der Waals surface area contributed by atoms with E-state index >= 15 is 0 Å². The van der Waals surface area contributed by atoms with E-state index in [4.69, 9.17) is 10.5 Å². The van der Waals surface area contributed by atoms with E-state index in [0.29, 0.717) is 35.2 Å². The highest BCUT2D eigenvalue weighted by molar-refractivity contribution is 6.21. The number of aromatic nitrogens is 1. The summed E-state index contributed by atoms with van der Waals surface area (Å²) in [5.41, 5.74) is 7.30. The molecular formula is C26H24N2O7. The summed E-state index contributed by atoms with van der Waals surface area (Å²) in [5, 5.41) is 33.1. The first-order chi connectivity index (χ1) is 16.7. The first kappa shape index (κ1) is 22.8. The number of nitrogens with two attached hydrogens (primary N) is 1. The molecule has 0 saturated heterocycles. The summed E-state index contributed by atoms with van der Waals surface area (Å²) < 4.78 is 5.22. The normalized spacial score (nSPS) is 23.6. The molecule has 1 aromatic carbocycles. The summed E-state index contributed by atoms with van der Waals surface area (Å²) in [4.78, 5) is 42.2. The minimum Gasteiger partial charge on any atom is -0.511 e. The number of Topliss-reactive ketones (excluding diaryl/α,β-unsaturated/α-hetero) is 2. The van der Waals surface area contributed by atoms with Gasteiger partial charge in [-0.2, -0.15) is 0 Å². The molecule has 9 heteroatoms. The van der Waals surface area contributed by atoms with Crippen molar-refractivity contribution < 1.29 is 34.4 Å². The number of primary amides is 1. The second-order valence-corrected chi connectivity index (χ2v) is 9.19. The Labute approximate surface area is 200 Å². The number of allylic oxidation sites excluding steroid dienone is 2. The number of phenolic OH excluding ortho intramolecular Hbond substituents is 1. The average molecular weight is 476 g/mol. The van der Waals surface area contributed by atoms with E-state index in [2.05, 4.69) is 4.98 Å². The number of benzene rings is 1. The van der Waals surface area contributed by atoms with Crippen molar-refractivity contribution >= 4 is 23.2 Å². The van der Waals surface area contributed by atoms with E-state index in [9.17, 15) is 29.7 Å². The number of ketones is 2. The van der Waals surface area contributed by atoms with Crippen LogP contribution in [0.15, 0.2) is 47.4 Å². The summed E-state index contributed by atoms with van der Waals surface area (Å²) in [6, 6.07) is 7.19. The lowest BCUT2D eigenvalue weighted by molar-refractivity contribution is -0.127. The maximum Gasteiger partial charge on any atom is 0.255 e. The smallest absolute Gasteiger partial charge is 0.255 e. The Morgan fingerprint density at radius 1 is 1.20 bits per heavy atom. The molecule has 2 aromatic rings. The van der Waals surface area contributed by atoms with Gasteiger partial charge < -0.3 is 25.8 Å². The number of pyridine rings is 1. The van der Waals surface area contributed by atoms with Crippen molar-refractivity contribution in [3.05, 3.63) is 64.1 Å². The molecule has 1 heterocycles. The van der Waals surface area contributed by atoms with E-state index in [1.54, 1.807) is 18.3 Å². The fraction of sp³-hybridized carbons (Fsp3) is 0.308. The minimum absolute atomic E-state index is 0.0667. The zero-order valence-electron chi connectivity index (χ0n) is 18.9. The molecule has 3 aliphatic rings. The zero-order chi connectivity index (χ0) is 25.0. The van der Waals surface area contributed by atoms with Gasteiger partial charge in [0.1, 0.15) is 22.8 Å². The summed E-state index contributed by atoms with van der Waals surface area (Å²) in [6.07, 6.45) is 2.20. The van der Waals surface area contributed by atoms with Gasteiger partial charge in [-0.05, 0) is 48.4 Å². The predicted octanol–water partition coefficient (Wildman–Crippen LogP) is 2.52. The lowest BCUT2D eigenvalue weighted by atomic mass is 9.61. The maximum atomic E-state index is 13.6. The van der Waals surface area contributed by atoms with Crippen LogP contribution >= 0.6 is 0 Å². The quantitative estimate of drug-likeness (QED) is 0.490. The van der Waals surface area contributed by atoms with Crippen LogP contribution in [-0.2, 0) is 32.1 Å². The third kappa shape index (κ3) is 3.42. The molecule has 0 bridgehead atoms. The standard InChI is InChI=1S/C26H24N2O7/c1-35-10-13-8-14(16-4-2-3-5-28-16)15-7-11-6-12-9-17(29)21(26(27)34)25(33)19(12)23(31)18(11)24(32)20(15)22(13)30/h2-5,8,11-12,19,30,32-33H,6-7,9-10H2,1H3,(H2,27,34). The highest BCUT2D eigenvalue weighted by atomic mass is 16.5. The predicted molar refractivity (Wildman–Crippen MR) is 124 cm³/mol. The van der Waals surface area contributed by atoms with Gasteiger partial charge in [0.2, 0.25) is 0 Å². The molecule has 3 unspecified atom stereocenters. The third-order valence-corrected chi connectivity index (χ3v) is 7.21. The first-order valence-electron chi connectivity index (χ1n) is 11.3. The SMILES string of the molecule is COCc1cc(-c2ccccn2)c2c(c1O)C(O)=C1C(=O)C3C(O)=C(C(N)=O)C(=O)CC3CC1C2. The summed E-state index contributed by atoms with van der Waals surface area (Å²) in [5.74, 6) is -5.58. The van der Waals surface area contributed by atoms with Gasteiger partial charge >= 0.3 is 0 Å². The zero-order valence-corrected chi connectivity index (χ0v) is 18.9. The number of amides is 1. The molecule has 1 aromatic heterocycles. The third-order valence-electron chi connectivity index (χ3n) is 7.21. The lowest BCUT2D eigenvalue weighted by Gasteiger charge is -2.41. The van der Waals surface area contributed by atoms with Gasteiger partial charge in [-0.3, -0.25) is 19.4 Å². The van der Waals surface area contributed by atoms with Gasteiger partial charge in [0.05, 0.1) is 23.8 Å². The van der Waals surface area contributed by atoms with E-state index in [0.717, 1.165) is 0 Å². The number of aliphatic hydroxyl groups excluding tert-OH is 2. The summed E-state index contributed by atoms with van der Waals surface area (Å²) >= 11 is 0. The van der Waals surface area contributed by atoms with Crippen LogP contribution in [0.2, 0.25) is 0 Å². The van der Waals surface area contributed by atoms with Crippen LogP contribution in [-0.4, -0.2) is 44.9 Å². The number of methoxy groups -OCH3 is 1. The Morgan fingerprint density at radius 3 is 2.63 bits per heavy atom. The van der Waals surface area contributed by atoms with Crippen molar-refractivity contribution in [3.63, 3.8) is 0 Å². The molecular weight excluding hydrogens is 452 g/mol. The average Bonchev–Trinajstić information content (AvgIpc) is 2.80. The number of hydrogen-bond acceptors (Lipinski definition) is 8. The second-order valence-electron chi connectivity index (χ2n) is 9.19. The van der Waals surface area contributed by atoms with Gasteiger partial charge in [0.25, 0.3) is 5.91 Å². The van der Waals surface area contributed by atoms with Gasteiger partial charge in [0.15, 0.2) is 11.6 Å². The Bertz CT molecular complexity index is 1340.